The number of rotatable bonds is 11. The zero-order valence-electron chi connectivity index (χ0n) is 17.6. The summed E-state index contributed by atoms with van der Waals surface area (Å²) in [7, 11) is 1.59. The number of halogens is 1. The molecule has 0 bridgehead atoms. The molecule has 1 aromatic rings. The van der Waals surface area contributed by atoms with Crippen molar-refractivity contribution in [2.75, 3.05) is 20.5 Å². The largest absolute Gasteiger partial charge is 0.463 e. The first-order chi connectivity index (χ1) is 14.4. The first-order valence-corrected chi connectivity index (χ1v) is 9.97. The lowest BCUT2D eigenvalue weighted by molar-refractivity contribution is -0.130. The molecule has 1 amide bonds. The molecule has 2 rings (SSSR count). The van der Waals surface area contributed by atoms with Crippen LogP contribution >= 0.6 is 0 Å². The Balaban J connectivity index is 2.47. The van der Waals surface area contributed by atoms with Gasteiger partial charge in [0, 0.05) is 20.1 Å². The molecule has 0 spiro atoms. The van der Waals surface area contributed by atoms with Crippen molar-refractivity contribution in [1.29, 1.82) is 0 Å². The molecule has 0 saturated heterocycles. The second kappa shape index (κ2) is 10.7. The summed E-state index contributed by atoms with van der Waals surface area (Å²) >= 11 is 0. The molecule has 0 saturated carbocycles. The Morgan fingerprint density at radius 2 is 2.07 bits per heavy atom. The summed E-state index contributed by atoms with van der Waals surface area (Å²) in [5.74, 6) is 0.254. The Kier molecular flexibility index (Phi) is 8.35. The number of likely N-dealkylation sites (N-methyl/N-ethyl adjacent to an activating group) is 1. The van der Waals surface area contributed by atoms with E-state index in [-0.39, 0.29) is 24.9 Å². The van der Waals surface area contributed by atoms with Gasteiger partial charge < -0.3 is 15.6 Å². The highest BCUT2D eigenvalue weighted by molar-refractivity contribution is 6.07. The topological polar surface area (TPSA) is 88.2 Å². The number of carbonyl (C=O) groups excluding carboxylic acids is 1. The maximum atomic E-state index is 13.2. The van der Waals surface area contributed by atoms with Crippen LogP contribution in [0, 0.1) is 0 Å². The third kappa shape index (κ3) is 5.16. The fourth-order valence-electron chi connectivity index (χ4n) is 3.49. The highest BCUT2D eigenvalue weighted by Crippen LogP contribution is 2.39. The Morgan fingerprint density at radius 3 is 2.57 bits per heavy atom. The van der Waals surface area contributed by atoms with Gasteiger partial charge in [-0.1, -0.05) is 49.4 Å². The Hall–Kier alpha value is -2.93. The number of amides is 1. The van der Waals surface area contributed by atoms with Crippen molar-refractivity contribution >= 4 is 11.9 Å². The summed E-state index contributed by atoms with van der Waals surface area (Å²) in [6, 6.07) is 6.62. The number of aliphatic imine (C=N–C) groups is 1. The lowest BCUT2D eigenvalue weighted by Crippen LogP contribution is -2.40. The number of aliphatic hydroxyl groups is 1. The highest BCUT2D eigenvalue weighted by atomic mass is 19.1. The molecule has 0 aliphatic carbocycles. The molecule has 0 radical (unpaired) electrons. The van der Waals surface area contributed by atoms with Crippen molar-refractivity contribution in [3.63, 3.8) is 0 Å². The average Bonchev–Trinajstić information content (AvgIpc) is 2.96. The molecule has 0 fully saturated rings. The number of ether oxygens (including phenoxy) is 1. The molecule has 30 heavy (non-hydrogen) atoms. The maximum Gasteiger partial charge on any atom is 0.262 e. The molecule has 3 N–H and O–H groups in total. The molecule has 1 aliphatic heterocycles. The van der Waals surface area contributed by atoms with Crippen LogP contribution in [-0.2, 0) is 10.3 Å². The van der Waals surface area contributed by atoms with E-state index in [0.29, 0.717) is 17.7 Å². The lowest BCUT2D eigenvalue weighted by Gasteiger charge is -2.26. The van der Waals surface area contributed by atoms with Crippen LogP contribution in [0.1, 0.15) is 38.2 Å². The number of hydrogen-bond acceptors (Lipinski definition) is 5. The van der Waals surface area contributed by atoms with Gasteiger partial charge in [-0.05, 0) is 42.5 Å². The normalized spacial score (nSPS) is 19.8. The summed E-state index contributed by atoms with van der Waals surface area (Å²) in [5, 5.41) is 9.16. The number of benzene rings is 1. The highest BCUT2D eigenvalue weighted by Gasteiger charge is 2.48. The standard InChI is InChI=1S/C23H30FN3O3/c1-4-7-18(8-6-13-28)14-17(5-2)15-23(21(29)27(3)22(25)26-23)19-9-11-20(12-10-19)30-16-24/h5,7,9-12,14,28H,2,4,6,8,13,15-16H2,1,3H3,(H2,25,26)/b17-14+,18-7-. The van der Waals surface area contributed by atoms with Crippen molar-refractivity contribution in [2.24, 2.45) is 10.7 Å². The molecule has 6 nitrogen and oxygen atoms in total. The van der Waals surface area contributed by atoms with Crippen LogP contribution in [0.2, 0.25) is 0 Å². The van der Waals surface area contributed by atoms with Gasteiger partial charge in [-0.3, -0.25) is 9.69 Å². The number of alkyl halides is 1. The van der Waals surface area contributed by atoms with Gasteiger partial charge in [-0.2, -0.15) is 0 Å². The van der Waals surface area contributed by atoms with E-state index in [1.54, 1.807) is 37.4 Å². The van der Waals surface area contributed by atoms with Gasteiger partial charge in [0.15, 0.2) is 11.5 Å². The quantitative estimate of drug-likeness (QED) is 0.541. The summed E-state index contributed by atoms with van der Waals surface area (Å²) in [5.41, 5.74) is 7.29. The molecule has 162 valence electrons. The van der Waals surface area contributed by atoms with Crippen LogP contribution in [-0.4, -0.2) is 42.4 Å². The van der Waals surface area contributed by atoms with Gasteiger partial charge in [-0.15, -0.1) is 0 Å². The molecule has 1 heterocycles. The van der Waals surface area contributed by atoms with E-state index in [1.165, 1.54) is 4.90 Å². The van der Waals surface area contributed by atoms with Crippen LogP contribution in [0.5, 0.6) is 5.75 Å². The summed E-state index contributed by atoms with van der Waals surface area (Å²) in [6.45, 7) is 5.14. The number of carbonyl (C=O) groups is 1. The fraction of sp³-hybridized carbons (Fsp3) is 0.391. The molecule has 1 aliphatic rings. The van der Waals surface area contributed by atoms with E-state index in [0.717, 1.165) is 24.0 Å². The lowest BCUT2D eigenvalue weighted by atomic mass is 9.83. The van der Waals surface area contributed by atoms with Crippen molar-refractivity contribution in [3.05, 3.63) is 65.8 Å². The Bertz CT molecular complexity index is 846. The molecular weight excluding hydrogens is 385 g/mol. The first-order valence-electron chi connectivity index (χ1n) is 9.97. The zero-order chi connectivity index (χ0) is 22.1. The third-order valence-electron chi connectivity index (χ3n) is 5.04. The summed E-state index contributed by atoms with van der Waals surface area (Å²) in [4.78, 5) is 19.1. The monoisotopic (exact) mass is 415 g/mol. The SMILES string of the molecule is C=C/C(=C\C(=C/CC)CCCO)CC1(c2ccc(OCF)cc2)N=C(N)N(C)C1=O. The van der Waals surface area contributed by atoms with E-state index >= 15 is 0 Å². The number of nitrogens with zero attached hydrogens (tertiary/aromatic N) is 2. The van der Waals surface area contributed by atoms with E-state index < -0.39 is 12.4 Å². The van der Waals surface area contributed by atoms with E-state index in [4.69, 9.17) is 15.6 Å². The molecule has 1 unspecified atom stereocenters. The van der Waals surface area contributed by atoms with Crippen LogP contribution in [0.25, 0.3) is 0 Å². The predicted octanol–water partition coefficient (Wildman–Crippen LogP) is 3.59. The second-order valence-electron chi connectivity index (χ2n) is 7.09. The van der Waals surface area contributed by atoms with Crippen molar-refractivity contribution < 1.29 is 19.0 Å². The summed E-state index contributed by atoms with van der Waals surface area (Å²) in [6.07, 6.45) is 8.30. The van der Waals surface area contributed by atoms with Crippen LogP contribution in [0.4, 0.5) is 4.39 Å². The summed E-state index contributed by atoms with van der Waals surface area (Å²) < 4.78 is 17.3. The molecular formula is C23H30FN3O3. The average molecular weight is 416 g/mol. The van der Waals surface area contributed by atoms with Crippen LogP contribution < -0.4 is 10.5 Å². The van der Waals surface area contributed by atoms with Gasteiger partial charge in [0.1, 0.15) is 5.75 Å². The van der Waals surface area contributed by atoms with Gasteiger partial charge in [0.05, 0.1) is 0 Å². The van der Waals surface area contributed by atoms with E-state index in [2.05, 4.69) is 17.6 Å². The maximum absolute atomic E-state index is 13.2. The van der Waals surface area contributed by atoms with Crippen molar-refractivity contribution in [2.45, 2.75) is 38.1 Å². The van der Waals surface area contributed by atoms with Crippen molar-refractivity contribution in [3.8, 4) is 5.75 Å². The van der Waals surface area contributed by atoms with E-state index in [1.807, 2.05) is 13.0 Å². The van der Waals surface area contributed by atoms with Gasteiger partial charge >= 0.3 is 0 Å². The third-order valence-corrected chi connectivity index (χ3v) is 5.04. The number of hydrogen-bond donors (Lipinski definition) is 2. The number of allylic oxidation sites excluding steroid dienone is 4. The molecule has 1 atom stereocenters. The van der Waals surface area contributed by atoms with Crippen LogP contribution in [0.15, 0.2) is 65.2 Å². The Morgan fingerprint density at radius 1 is 1.37 bits per heavy atom. The van der Waals surface area contributed by atoms with Crippen molar-refractivity contribution in [1.82, 2.24) is 4.90 Å². The van der Waals surface area contributed by atoms with Gasteiger partial charge in [-0.25, -0.2) is 9.38 Å². The Labute approximate surface area is 177 Å². The number of guanidine groups is 1. The number of nitrogens with two attached hydrogens (primary N) is 1. The zero-order valence-corrected chi connectivity index (χ0v) is 17.6. The van der Waals surface area contributed by atoms with Gasteiger partial charge in [0.2, 0.25) is 6.86 Å². The first kappa shape index (κ1) is 23.3. The molecule has 0 aromatic heterocycles. The molecule has 7 heteroatoms. The minimum Gasteiger partial charge on any atom is -0.463 e. The van der Waals surface area contributed by atoms with Crippen LogP contribution in [0.3, 0.4) is 0 Å². The minimum atomic E-state index is -1.23. The fourth-order valence-corrected chi connectivity index (χ4v) is 3.49. The van der Waals surface area contributed by atoms with Gasteiger partial charge in [0.25, 0.3) is 5.91 Å². The number of aliphatic hydroxyl groups excluding tert-OH is 1. The minimum absolute atomic E-state index is 0.111. The smallest absolute Gasteiger partial charge is 0.262 e. The predicted molar refractivity (Wildman–Crippen MR) is 117 cm³/mol. The van der Waals surface area contributed by atoms with E-state index in [9.17, 15) is 9.18 Å². The molecule has 1 aromatic carbocycles. The second-order valence-corrected chi connectivity index (χ2v) is 7.09.